The monoisotopic (exact) mass is 388 g/mol. The molecular formula is C16H16N6O6. The van der Waals surface area contributed by atoms with Crippen molar-refractivity contribution in [2.45, 2.75) is 24.5 Å². The molecule has 12 nitrogen and oxygen atoms in total. The number of ether oxygens (including phenoxy) is 1. The predicted octanol–water partition coefficient (Wildman–Crippen LogP) is -0.148. The Morgan fingerprint density at radius 1 is 1.21 bits per heavy atom. The van der Waals surface area contributed by atoms with Crippen LogP contribution in [0.5, 0.6) is 5.75 Å². The Kier molecular flexibility index (Phi) is 4.60. The van der Waals surface area contributed by atoms with Crippen LogP contribution in [0.1, 0.15) is 6.23 Å². The van der Waals surface area contributed by atoms with E-state index in [4.69, 9.17) is 4.74 Å². The summed E-state index contributed by atoms with van der Waals surface area (Å²) in [6.45, 7) is -0.491. The maximum atomic E-state index is 12.3. The molecule has 0 spiro atoms. The Bertz CT molecular complexity index is 1090. The number of aromatic amines is 1. The second kappa shape index (κ2) is 7.09. The summed E-state index contributed by atoms with van der Waals surface area (Å²) in [6, 6.07) is 6.24. The highest BCUT2D eigenvalue weighted by molar-refractivity contribution is 5.70. The smallest absolute Gasteiger partial charge is 0.280 e. The fourth-order valence-electron chi connectivity index (χ4n) is 2.91. The number of hydrogen-bond acceptors (Lipinski definition) is 10. The Morgan fingerprint density at radius 3 is 2.71 bits per heavy atom. The van der Waals surface area contributed by atoms with Gasteiger partial charge in [0.1, 0.15) is 29.7 Å². The molecule has 0 radical (unpaired) electrons. The second-order valence-corrected chi connectivity index (χ2v) is 6.13. The van der Waals surface area contributed by atoms with Crippen LogP contribution < -0.4 is 5.56 Å². The first-order chi connectivity index (χ1) is 13.5. The number of aromatic hydroxyl groups is 1. The first kappa shape index (κ1) is 18.2. The molecule has 4 rings (SSSR count). The summed E-state index contributed by atoms with van der Waals surface area (Å²) in [5.41, 5.74) is -0.395. The normalized spacial score (nSPS) is 25.1. The first-order valence-electron chi connectivity index (χ1n) is 8.28. The van der Waals surface area contributed by atoms with Crippen LogP contribution in [-0.2, 0) is 4.74 Å². The van der Waals surface area contributed by atoms with E-state index in [1.165, 1.54) is 23.0 Å². The van der Waals surface area contributed by atoms with Gasteiger partial charge in [0.15, 0.2) is 17.4 Å². The number of fused-ring (bicyclic) bond motifs is 1. The number of azo groups is 1. The number of aliphatic hydroxyl groups is 3. The minimum atomic E-state index is -1.36. The van der Waals surface area contributed by atoms with E-state index in [1.807, 2.05) is 0 Å². The van der Waals surface area contributed by atoms with Gasteiger partial charge in [-0.3, -0.25) is 14.3 Å². The van der Waals surface area contributed by atoms with Gasteiger partial charge in [0.05, 0.1) is 12.9 Å². The molecule has 1 aliphatic rings. The summed E-state index contributed by atoms with van der Waals surface area (Å²) < 4.78 is 6.72. The van der Waals surface area contributed by atoms with Gasteiger partial charge in [-0.15, -0.1) is 10.2 Å². The topological polar surface area (TPSA) is 178 Å². The summed E-state index contributed by atoms with van der Waals surface area (Å²) in [5.74, 6) is -0.250. The van der Waals surface area contributed by atoms with Crippen molar-refractivity contribution in [2.75, 3.05) is 6.61 Å². The van der Waals surface area contributed by atoms with Crippen molar-refractivity contribution in [3.05, 3.63) is 40.9 Å². The minimum absolute atomic E-state index is 0.0285. The van der Waals surface area contributed by atoms with Gasteiger partial charge >= 0.3 is 0 Å². The number of aliphatic hydroxyl groups excluding tert-OH is 3. The molecule has 28 heavy (non-hydrogen) atoms. The van der Waals surface area contributed by atoms with Crippen molar-refractivity contribution < 1.29 is 25.2 Å². The highest BCUT2D eigenvalue weighted by Crippen LogP contribution is 2.31. The molecule has 5 N–H and O–H groups in total. The Hall–Kier alpha value is -3.19. The maximum Gasteiger partial charge on any atom is 0.280 e. The number of nitrogens with zero attached hydrogens (tertiary/aromatic N) is 5. The van der Waals surface area contributed by atoms with Crippen molar-refractivity contribution in [1.29, 1.82) is 0 Å². The molecule has 4 atom stereocenters. The molecule has 3 aromatic rings. The van der Waals surface area contributed by atoms with Crippen LogP contribution in [0.3, 0.4) is 0 Å². The molecule has 146 valence electrons. The van der Waals surface area contributed by atoms with Crippen molar-refractivity contribution in [1.82, 2.24) is 19.5 Å². The van der Waals surface area contributed by atoms with E-state index in [1.54, 1.807) is 12.1 Å². The first-order valence-corrected chi connectivity index (χ1v) is 8.28. The lowest BCUT2D eigenvalue weighted by Crippen LogP contribution is -2.33. The molecule has 12 heteroatoms. The van der Waals surface area contributed by atoms with Gasteiger partial charge in [-0.25, -0.2) is 4.98 Å². The molecule has 1 aliphatic heterocycles. The average molecular weight is 388 g/mol. The van der Waals surface area contributed by atoms with E-state index in [0.29, 0.717) is 0 Å². The molecule has 0 amide bonds. The van der Waals surface area contributed by atoms with Gasteiger partial charge < -0.3 is 25.2 Å². The number of rotatable bonds is 4. The summed E-state index contributed by atoms with van der Waals surface area (Å²) in [4.78, 5) is 22.8. The number of phenolic OH excluding ortho intramolecular Hbond substituents is 1. The van der Waals surface area contributed by atoms with Crippen LogP contribution in [0, 0.1) is 0 Å². The highest BCUT2D eigenvalue weighted by atomic mass is 16.6. The van der Waals surface area contributed by atoms with E-state index >= 15 is 0 Å². The highest BCUT2D eigenvalue weighted by Gasteiger charge is 2.44. The summed E-state index contributed by atoms with van der Waals surface area (Å²) in [6.07, 6.45) is -3.53. The minimum Gasteiger partial charge on any atom is -0.506 e. The Morgan fingerprint density at radius 2 is 2.00 bits per heavy atom. The van der Waals surface area contributed by atoms with Crippen molar-refractivity contribution >= 4 is 22.8 Å². The number of phenols is 1. The number of hydrogen-bond donors (Lipinski definition) is 5. The SMILES string of the molecule is O=c1[nH]c(/N=N/c2ccccc2O)nc2c1ncn2C1OC(CO)[C@@H](O)[C@H]1O. The van der Waals surface area contributed by atoms with Gasteiger partial charge in [-0.05, 0) is 12.1 Å². The number of nitrogens with one attached hydrogen (secondary N) is 1. The molecular weight excluding hydrogens is 372 g/mol. The van der Waals surface area contributed by atoms with Crippen LogP contribution in [-0.4, -0.2) is 64.9 Å². The molecule has 1 fully saturated rings. The zero-order valence-corrected chi connectivity index (χ0v) is 14.2. The molecule has 0 bridgehead atoms. The third-order valence-electron chi connectivity index (χ3n) is 4.35. The fraction of sp³-hybridized carbons (Fsp3) is 0.312. The number of H-pyrrole nitrogens is 1. The zero-order valence-electron chi connectivity index (χ0n) is 14.2. The number of benzene rings is 1. The standard InChI is InChI=1S/C16H16N6O6/c23-5-9-11(25)12(26)15(28-9)22-6-17-10-13(22)18-16(19-14(10)27)21-20-7-3-1-2-4-8(7)24/h1-4,6,9,11-12,15,23-26H,5H2,(H,18,19,27)/b21-20+/t9?,11-,12-,15?/m1/s1. The summed E-state index contributed by atoms with van der Waals surface area (Å²) in [7, 11) is 0. The van der Waals surface area contributed by atoms with E-state index in [-0.39, 0.29) is 28.5 Å². The van der Waals surface area contributed by atoms with Crippen LogP contribution in [0.15, 0.2) is 45.6 Å². The predicted molar refractivity (Wildman–Crippen MR) is 93.4 cm³/mol. The van der Waals surface area contributed by atoms with E-state index < -0.39 is 36.7 Å². The lowest BCUT2D eigenvalue weighted by Gasteiger charge is -2.16. The van der Waals surface area contributed by atoms with Crippen molar-refractivity contribution in [2.24, 2.45) is 10.2 Å². The third-order valence-corrected chi connectivity index (χ3v) is 4.35. The lowest BCUT2D eigenvalue weighted by molar-refractivity contribution is -0.0511. The average Bonchev–Trinajstić information content (AvgIpc) is 3.23. The van der Waals surface area contributed by atoms with Crippen LogP contribution in [0.2, 0.25) is 0 Å². The molecule has 3 heterocycles. The second-order valence-electron chi connectivity index (χ2n) is 6.13. The maximum absolute atomic E-state index is 12.3. The van der Waals surface area contributed by atoms with Gasteiger partial charge in [0, 0.05) is 0 Å². The Labute approximate surface area is 156 Å². The van der Waals surface area contributed by atoms with E-state index in [9.17, 15) is 25.2 Å². The van der Waals surface area contributed by atoms with Gasteiger partial charge in [-0.2, -0.15) is 4.98 Å². The molecule has 1 aromatic carbocycles. The van der Waals surface area contributed by atoms with Gasteiger partial charge in [-0.1, -0.05) is 12.1 Å². The van der Waals surface area contributed by atoms with Crippen LogP contribution in [0.25, 0.3) is 11.2 Å². The number of aromatic nitrogens is 4. The molecule has 0 aliphatic carbocycles. The lowest BCUT2D eigenvalue weighted by atomic mass is 10.1. The van der Waals surface area contributed by atoms with E-state index in [0.717, 1.165) is 0 Å². The summed E-state index contributed by atoms with van der Waals surface area (Å²) in [5, 5.41) is 46.8. The zero-order chi connectivity index (χ0) is 19.8. The Balaban J connectivity index is 1.73. The number of imidazole rings is 1. The van der Waals surface area contributed by atoms with Gasteiger partial charge in [0.2, 0.25) is 0 Å². The third kappa shape index (κ3) is 3.03. The fourth-order valence-corrected chi connectivity index (χ4v) is 2.91. The van der Waals surface area contributed by atoms with E-state index in [2.05, 4.69) is 25.2 Å². The van der Waals surface area contributed by atoms with Gasteiger partial charge in [0.25, 0.3) is 11.5 Å². The molecule has 1 saturated heterocycles. The molecule has 2 unspecified atom stereocenters. The summed E-state index contributed by atoms with van der Waals surface area (Å²) >= 11 is 0. The quantitative estimate of drug-likeness (QED) is 0.383. The van der Waals surface area contributed by atoms with Crippen LogP contribution >= 0.6 is 0 Å². The molecule has 2 aromatic heterocycles. The van der Waals surface area contributed by atoms with Crippen molar-refractivity contribution in [3.63, 3.8) is 0 Å². The number of para-hydroxylation sites is 1. The van der Waals surface area contributed by atoms with Crippen LogP contribution in [0.4, 0.5) is 11.6 Å². The van der Waals surface area contributed by atoms with Crippen molar-refractivity contribution in [3.8, 4) is 5.75 Å². The molecule has 0 saturated carbocycles. The largest absolute Gasteiger partial charge is 0.506 e.